The van der Waals surface area contributed by atoms with Gasteiger partial charge in [0.2, 0.25) is 6.54 Å². The Kier molecular flexibility index (Phi) is 10.8. The summed E-state index contributed by atoms with van der Waals surface area (Å²) in [5.41, 5.74) is -1.45. The summed E-state index contributed by atoms with van der Waals surface area (Å²) in [5.74, 6) is 0.0332. The number of ether oxygens (including phenoxy) is 2. The van der Waals surface area contributed by atoms with Gasteiger partial charge in [0, 0.05) is 53.3 Å². The number of Topliss-reactive ketones (excluding diaryl/α,β-unsaturated/α-hetero) is 1. The zero-order chi connectivity index (χ0) is 30.3. The fourth-order valence-electron chi connectivity index (χ4n) is 8.55. The first-order chi connectivity index (χ1) is 19.9. The molecule has 1 saturated heterocycles. The van der Waals surface area contributed by atoms with Gasteiger partial charge in [0.05, 0.1) is 25.1 Å². The van der Waals surface area contributed by atoms with Crippen LogP contribution in [0.3, 0.4) is 0 Å². The predicted molar refractivity (Wildman–Crippen MR) is 159 cm³/mol. The Hall–Kier alpha value is -1.50. The zero-order valence-corrected chi connectivity index (χ0v) is 28.9. The monoisotopic (exact) mass is 726 g/mol. The minimum Gasteiger partial charge on any atom is -1.00 e. The molecular formula is C33H47IN2O6S. The second kappa shape index (κ2) is 13.5. The summed E-state index contributed by atoms with van der Waals surface area (Å²) >= 11 is 1.39. The van der Waals surface area contributed by atoms with E-state index in [0.717, 1.165) is 24.2 Å². The molecular weight excluding hydrogens is 679 g/mol. The standard InChI is InChI=1S/C33H47N2O6S.HI/c1-6-31(4)19-26(32(5)22(2)7-11-33(23(3)30(31)39)12-8-25(36)29(32)33)41-28(38)21-42-24-9-13-34(14-10-24)20-27(37)35-15-17-40-18-16-35;/h6,9-10,13-14,22-23,26,29-30,39H,1,7-8,11-12,15-21H2,2-5H3;1H/q+1;/p-1/t22-,23+,26-,29+,30+,31-,32+,33+;/m1./s1. The van der Waals surface area contributed by atoms with Crippen LogP contribution in [0.4, 0.5) is 0 Å². The lowest BCUT2D eigenvalue weighted by molar-refractivity contribution is -0.685. The average molecular weight is 727 g/mol. The van der Waals surface area contributed by atoms with Crippen LogP contribution in [0.2, 0.25) is 0 Å². The van der Waals surface area contributed by atoms with Gasteiger partial charge in [-0.2, -0.15) is 4.57 Å². The minimum atomic E-state index is -0.678. The first kappa shape index (κ1) is 34.4. The summed E-state index contributed by atoms with van der Waals surface area (Å²) in [6, 6.07) is 3.81. The molecule has 2 heterocycles. The van der Waals surface area contributed by atoms with Gasteiger partial charge in [0.25, 0.3) is 5.91 Å². The number of hydrogen-bond donors (Lipinski definition) is 1. The number of aliphatic hydroxyl groups is 1. The molecule has 1 aliphatic heterocycles. The zero-order valence-electron chi connectivity index (χ0n) is 25.9. The molecule has 10 heteroatoms. The van der Waals surface area contributed by atoms with Crippen LogP contribution in [-0.2, 0) is 30.4 Å². The van der Waals surface area contributed by atoms with Gasteiger partial charge in [-0.15, -0.1) is 18.3 Å². The molecule has 8 nitrogen and oxygen atoms in total. The van der Waals surface area contributed by atoms with Crippen LogP contribution in [0.25, 0.3) is 0 Å². The van der Waals surface area contributed by atoms with Crippen molar-refractivity contribution in [3.8, 4) is 0 Å². The van der Waals surface area contributed by atoms with Crippen LogP contribution < -0.4 is 28.5 Å². The van der Waals surface area contributed by atoms with E-state index in [1.807, 2.05) is 47.0 Å². The minimum absolute atomic E-state index is 0. The van der Waals surface area contributed by atoms with Crippen LogP contribution in [-0.4, -0.2) is 71.9 Å². The van der Waals surface area contributed by atoms with E-state index in [4.69, 9.17) is 9.47 Å². The molecule has 2 bridgehead atoms. The Morgan fingerprint density at radius 3 is 2.53 bits per heavy atom. The van der Waals surface area contributed by atoms with E-state index < -0.39 is 23.0 Å². The van der Waals surface area contributed by atoms with E-state index in [2.05, 4.69) is 27.4 Å². The van der Waals surface area contributed by atoms with Crippen molar-refractivity contribution in [3.05, 3.63) is 37.2 Å². The summed E-state index contributed by atoms with van der Waals surface area (Å²) in [6.07, 6.45) is 7.95. The maximum absolute atomic E-state index is 13.6. The molecule has 1 aromatic heterocycles. The van der Waals surface area contributed by atoms with Crippen molar-refractivity contribution < 1.29 is 57.5 Å². The molecule has 0 radical (unpaired) electrons. The lowest BCUT2D eigenvalue weighted by atomic mass is 9.44. The number of rotatable bonds is 7. The van der Waals surface area contributed by atoms with Crippen molar-refractivity contribution in [1.82, 2.24) is 4.90 Å². The van der Waals surface area contributed by atoms with Crippen molar-refractivity contribution in [1.29, 1.82) is 0 Å². The fraction of sp³-hybridized carbons (Fsp3) is 0.697. The topological polar surface area (TPSA) is 97.0 Å². The third kappa shape index (κ3) is 6.31. The third-order valence-corrected chi connectivity index (χ3v) is 12.5. The highest BCUT2D eigenvalue weighted by Crippen LogP contribution is 2.68. The van der Waals surface area contributed by atoms with Gasteiger partial charge in [-0.1, -0.05) is 33.8 Å². The number of carbonyl (C=O) groups is 3. The summed E-state index contributed by atoms with van der Waals surface area (Å²) in [4.78, 5) is 42.3. The summed E-state index contributed by atoms with van der Waals surface area (Å²) in [5, 5.41) is 11.7. The first-order valence-electron chi connectivity index (χ1n) is 15.5. The van der Waals surface area contributed by atoms with Crippen LogP contribution in [0.15, 0.2) is 42.1 Å². The van der Waals surface area contributed by atoms with E-state index in [1.165, 1.54) is 11.8 Å². The third-order valence-electron chi connectivity index (χ3n) is 11.5. The number of aromatic nitrogens is 1. The Balaban J connectivity index is 0.00000423. The summed E-state index contributed by atoms with van der Waals surface area (Å²) < 4.78 is 13.5. The first-order valence-corrected chi connectivity index (χ1v) is 16.4. The molecule has 238 valence electrons. The molecule has 0 spiro atoms. The molecule has 4 fully saturated rings. The number of aliphatic hydroxyl groups excluding tert-OH is 1. The van der Waals surface area contributed by atoms with Gasteiger partial charge < -0.3 is 43.5 Å². The molecule has 3 aliphatic carbocycles. The number of pyridine rings is 1. The molecule has 1 amide bonds. The SMILES string of the molecule is C=C[C@]1(C)C[C@@H](OC(=O)CSc2cc[n+](CC(=O)N3CCOCC3)cc2)[C@]2(C)[C@H](C)CC[C@]3(CCC(=O)[C@H]32)[C@@H](C)[C@@H]1O.[I-]. The smallest absolute Gasteiger partial charge is 0.316 e. The molecule has 1 aromatic rings. The summed E-state index contributed by atoms with van der Waals surface area (Å²) in [6.45, 7) is 15.2. The van der Waals surface area contributed by atoms with Crippen LogP contribution in [0, 0.1) is 34.0 Å². The lowest BCUT2D eigenvalue weighted by Gasteiger charge is -2.61. The highest BCUT2D eigenvalue weighted by Gasteiger charge is 2.68. The maximum Gasteiger partial charge on any atom is 0.316 e. The summed E-state index contributed by atoms with van der Waals surface area (Å²) in [7, 11) is 0. The second-order valence-corrected chi connectivity index (χ2v) is 14.6. The van der Waals surface area contributed by atoms with Crippen LogP contribution in [0.5, 0.6) is 0 Å². The number of nitrogens with zero attached hydrogens (tertiary/aromatic N) is 2. The number of ketones is 1. The van der Waals surface area contributed by atoms with Gasteiger partial charge in [0.15, 0.2) is 12.4 Å². The van der Waals surface area contributed by atoms with E-state index in [9.17, 15) is 19.5 Å². The van der Waals surface area contributed by atoms with Gasteiger partial charge in [-0.05, 0) is 42.9 Å². The quantitative estimate of drug-likeness (QED) is 0.146. The van der Waals surface area contributed by atoms with Crippen molar-refractivity contribution in [2.45, 2.75) is 83.4 Å². The van der Waals surface area contributed by atoms with E-state index in [1.54, 1.807) is 0 Å². The molecule has 4 aliphatic rings. The van der Waals surface area contributed by atoms with Gasteiger partial charge in [-0.25, -0.2) is 0 Å². The number of halogens is 1. The number of thioether (sulfide) groups is 1. The van der Waals surface area contributed by atoms with E-state index >= 15 is 0 Å². The normalized spacial score (nSPS) is 37.4. The number of carbonyl (C=O) groups excluding carboxylic acids is 3. The predicted octanol–water partition coefficient (Wildman–Crippen LogP) is 0.836. The molecule has 5 rings (SSSR count). The largest absolute Gasteiger partial charge is 1.00 e. The van der Waals surface area contributed by atoms with Gasteiger partial charge >= 0.3 is 5.97 Å². The van der Waals surface area contributed by atoms with E-state index in [-0.39, 0.29) is 77.1 Å². The number of esters is 1. The van der Waals surface area contributed by atoms with Crippen molar-refractivity contribution in [3.63, 3.8) is 0 Å². The van der Waals surface area contributed by atoms with Crippen molar-refractivity contribution >= 4 is 29.4 Å². The molecule has 8 atom stereocenters. The maximum atomic E-state index is 13.6. The van der Waals surface area contributed by atoms with Gasteiger partial charge in [-0.3, -0.25) is 14.4 Å². The molecule has 0 aromatic carbocycles. The van der Waals surface area contributed by atoms with Crippen molar-refractivity contribution in [2.75, 3.05) is 32.1 Å². The lowest BCUT2D eigenvalue weighted by Crippen LogP contribution is -3.00. The van der Waals surface area contributed by atoms with Gasteiger partial charge in [0.1, 0.15) is 11.9 Å². The number of amides is 1. The molecule has 1 N–H and O–H groups in total. The van der Waals surface area contributed by atoms with E-state index in [0.29, 0.717) is 39.1 Å². The van der Waals surface area contributed by atoms with Crippen molar-refractivity contribution in [2.24, 2.45) is 34.0 Å². The molecule has 3 saturated carbocycles. The Morgan fingerprint density at radius 2 is 1.88 bits per heavy atom. The Morgan fingerprint density at radius 1 is 1.21 bits per heavy atom. The van der Waals surface area contributed by atoms with Crippen LogP contribution in [0.1, 0.15) is 59.8 Å². The average Bonchev–Trinajstić information content (AvgIpc) is 3.35. The highest BCUT2D eigenvalue weighted by molar-refractivity contribution is 8.00. The molecule has 0 unspecified atom stereocenters. The second-order valence-electron chi connectivity index (χ2n) is 13.6. The number of morpholine rings is 1. The number of hydrogen-bond acceptors (Lipinski definition) is 7. The highest BCUT2D eigenvalue weighted by atomic mass is 127. The Labute approximate surface area is 277 Å². The fourth-order valence-corrected chi connectivity index (χ4v) is 9.22. The Bertz CT molecular complexity index is 1210. The van der Waals surface area contributed by atoms with Crippen LogP contribution >= 0.6 is 11.8 Å². The molecule has 43 heavy (non-hydrogen) atoms.